The third-order valence-electron chi connectivity index (χ3n) is 3.22. The van der Waals surface area contributed by atoms with Crippen molar-refractivity contribution in [1.29, 1.82) is 5.26 Å². The first kappa shape index (κ1) is 15.4. The zero-order valence-corrected chi connectivity index (χ0v) is 12.6. The van der Waals surface area contributed by atoms with Gasteiger partial charge < -0.3 is 10.2 Å². The molecule has 0 aliphatic rings. The van der Waals surface area contributed by atoms with Crippen LogP contribution >= 0.6 is 0 Å². The Hall–Kier alpha value is -2.94. The summed E-state index contributed by atoms with van der Waals surface area (Å²) in [7, 11) is 0. The van der Waals surface area contributed by atoms with Crippen molar-refractivity contribution >= 4 is 17.5 Å². The number of rotatable bonds is 5. The molecule has 1 amide bonds. The molecule has 1 N–H and O–H groups in total. The van der Waals surface area contributed by atoms with E-state index in [0.717, 1.165) is 5.69 Å². The van der Waals surface area contributed by atoms with E-state index < -0.39 is 0 Å². The second-order valence-corrected chi connectivity index (χ2v) is 4.59. The summed E-state index contributed by atoms with van der Waals surface area (Å²) in [5.74, 6) is 0.329. The summed E-state index contributed by atoms with van der Waals surface area (Å²) >= 11 is 0. The van der Waals surface area contributed by atoms with E-state index in [1.165, 1.54) is 12.4 Å². The molecule has 2 aromatic rings. The second-order valence-electron chi connectivity index (χ2n) is 4.59. The van der Waals surface area contributed by atoms with Gasteiger partial charge in [-0.15, -0.1) is 0 Å². The highest BCUT2D eigenvalue weighted by Crippen LogP contribution is 2.13. The van der Waals surface area contributed by atoms with Gasteiger partial charge in [0.05, 0.1) is 17.2 Å². The van der Waals surface area contributed by atoms with E-state index in [2.05, 4.69) is 21.4 Å². The molecule has 6 heteroatoms. The highest BCUT2D eigenvalue weighted by Gasteiger charge is 2.13. The highest BCUT2D eigenvalue weighted by molar-refractivity contribution is 5.93. The number of benzene rings is 1. The Balaban J connectivity index is 2.08. The lowest BCUT2D eigenvalue weighted by Crippen LogP contribution is -2.30. The zero-order chi connectivity index (χ0) is 15.9. The molecule has 2 rings (SSSR count). The van der Waals surface area contributed by atoms with Gasteiger partial charge in [-0.25, -0.2) is 9.97 Å². The molecule has 0 bridgehead atoms. The average molecular weight is 295 g/mol. The van der Waals surface area contributed by atoms with Crippen molar-refractivity contribution in [2.24, 2.45) is 0 Å². The molecule has 1 aromatic carbocycles. The Morgan fingerprint density at radius 1 is 1.18 bits per heavy atom. The Kier molecular flexibility index (Phi) is 5.04. The molecule has 0 fully saturated rings. The SMILES string of the molecule is CCN(CC)C(=O)c1cnc(Nc2ccc(C#N)cc2)nc1. The fraction of sp³-hybridized carbons (Fsp3) is 0.250. The van der Waals surface area contributed by atoms with Crippen molar-refractivity contribution in [3.63, 3.8) is 0 Å². The number of carbonyl (C=O) groups excluding carboxylic acids is 1. The number of amides is 1. The molecule has 1 heterocycles. The van der Waals surface area contributed by atoms with Crippen LogP contribution < -0.4 is 5.32 Å². The molecule has 0 unspecified atom stereocenters. The van der Waals surface area contributed by atoms with Gasteiger partial charge in [-0.2, -0.15) is 5.26 Å². The molecule has 0 radical (unpaired) electrons. The van der Waals surface area contributed by atoms with Crippen molar-refractivity contribution in [3.8, 4) is 6.07 Å². The van der Waals surface area contributed by atoms with Gasteiger partial charge in [0.1, 0.15) is 0 Å². The fourth-order valence-electron chi connectivity index (χ4n) is 1.95. The van der Waals surface area contributed by atoms with Crippen LogP contribution in [0.15, 0.2) is 36.7 Å². The van der Waals surface area contributed by atoms with E-state index in [-0.39, 0.29) is 5.91 Å². The number of aromatic nitrogens is 2. The minimum absolute atomic E-state index is 0.0741. The van der Waals surface area contributed by atoms with E-state index in [1.807, 2.05) is 13.8 Å². The highest BCUT2D eigenvalue weighted by atomic mass is 16.2. The van der Waals surface area contributed by atoms with Crippen LogP contribution in [0.2, 0.25) is 0 Å². The molecular formula is C16H17N5O. The Labute approximate surface area is 129 Å². The van der Waals surface area contributed by atoms with Crippen molar-refractivity contribution in [2.75, 3.05) is 18.4 Å². The van der Waals surface area contributed by atoms with Crippen LogP contribution in [-0.4, -0.2) is 33.9 Å². The third-order valence-corrected chi connectivity index (χ3v) is 3.22. The summed E-state index contributed by atoms with van der Waals surface area (Å²) in [6.07, 6.45) is 3.03. The monoisotopic (exact) mass is 295 g/mol. The first-order valence-corrected chi connectivity index (χ1v) is 7.06. The molecule has 0 atom stereocenters. The van der Waals surface area contributed by atoms with E-state index in [1.54, 1.807) is 29.2 Å². The van der Waals surface area contributed by atoms with Gasteiger partial charge in [-0.05, 0) is 38.1 Å². The summed E-state index contributed by atoms with van der Waals surface area (Å²) < 4.78 is 0. The summed E-state index contributed by atoms with van der Waals surface area (Å²) in [5, 5.41) is 11.8. The summed E-state index contributed by atoms with van der Waals surface area (Å²) in [6.45, 7) is 5.17. The van der Waals surface area contributed by atoms with Crippen molar-refractivity contribution in [3.05, 3.63) is 47.8 Å². The number of nitriles is 1. The summed E-state index contributed by atoms with van der Waals surface area (Å²) in [4.78, 5) is 22.2. The first-order valence-electron chi connectivity index (χ1n) is 7.06. The molecule has 0 saturated carbocycles. The van der Waals surface area contributed by atoms with Crippen LogP contribution in [0.25, 0.3) is 0 Å². The molecule has 112 valence electrons. The fourth-order valence-corrected chi connectivity index (χ4v) is 1.95. The van der Waals surface area contributed by atoms with Gasteiger partial charge in [-0.1, -0.05) is 0 Å². The van der Waals surface area contributed by atoms with Crippen LogP contribution in [0.5, 0.6) is 0 Å². The predicted molar refractivity (Wildman–Crippen MR) is 83.7 cm³/mol. The van der Waals surface area contributed by atoms with E-state index in [0.29, 0.717) is 30.2 Å². The Bertz CT molecular complexity index is 669. The first-order chi connectivity index (χ1) is 10.7. The van der Waals surface area contributed by atoms with Crippen molar-refractivity contribution in [1.82, 2.24) is 14.9 Å². The average Bonchev–Trinajstić information content (AvgIpc) is 2.57. The van der Waals surface area contributed by atoms with Crippen molar-refractivity contribution in [2.45, 2.75) is 13.8 Å². The number of hydrogen-bond donors (Lipinski definition) is 1. The number of hydrogen-bond acceptors (Lipinski definition) is 5. The molecule has 22 heavy (non-hydrogen) atoms. The maximum Gasteiger partial charge on any atom is 0.256 e. The Morgan fingerprint density at radius 2 is 1.77 bits per heavy atom. The van der Waals surface area contributed by atoms with Gasteiger partial charge in [0.15, 0.2) is 0 Å². The van der Waals surface area contributed by atoms with Crippen LogP contribution in [0, 0.1) is 11.3 Å². The van der Waals surface area contributed by atoms with Gasteiger partial charge >= 0.3 is 0 Å². The van der Waals surface area contributed by atoms with E-state index >= 15 is 0 Å². The minimum Gasteiger partial charge on any atom is -0.339 e. The molecular weight excluding hydrogens is 278 g/mol. The van der Waals surface area contributed by atoms with Gasteiger partial charge in [0, 0.05) is 31.2 Å². The van der Waals surface area contributed by atoms with Crippen LogP contribution in [0.4, 0.5) is 11.6 Å². The zero-order valence-electron chi connectivity index (χ0n) is 12.6. The maximum atomic E-state index is 12.1. The minimum atomic E-state index is -0.0741. The predicted octanol–water partition coefficient (Wildman–Crippen LogP) is 2.57. The van der Waals surface area contributed by atoms with E-state index in [9.17, 15) is 4.79 Å². The molecule has 0 spiro atoms. The third kappa shape index (κ3) is 3.58. The Morgan fingerprint density at radius 3 is 2.27 bits per heavy atom. The molecule has 0 aliphatic heterocycles. The van der Waals surface area contributed by atoms with E-state index in [4.69, 9.17) is 5.26 Å². The second kappa shape index (κ2) is 7.18. The topological polar surface area (TPSA) is 81.9 Å². The smallest absolute Gasteiger partial charge is 0.256 e. The van der Waals surface area contributed by atoms with Gasteiger partial charge in [-0.3, -0.25) is 4.79 Å². The lowest BCUT2D eigenvalue weighted by Gasteiger charge is -2.18. The summed E-state index contributed by atoms with van der Waals surface area (Å²) in [6, 6.07) is 9.03. The number of anilines is 2. The lowest BCUT2D eigenvalue weighted by molar-refractivity contribution is 0.0772. The lowest BCUT2D eigenvalue weighted by atomic mass is 10.2. The van der Waals surface area contributed by atoms with Crippen LogP contribution in [-0.2, 0) is 0 Å². The number of nitrogens with zero attached hydrogens (tertiary/aromatic N) is 4. The van der Waals surface area contributed by atoms with Gasteiger partial charge in [0.25, 0.3) is 5.91 Å². The van der Waals surface area contributed by atoms with Crippen LogP contribution in [0.1, 0.15) is 29.8 Å². The summed E-state index contributed by atoms with van der Waals surface area (Å²) in [5.41, 5.74) is 1.84. The number of nitrogens with one attached hydrogen (secondary N) is 1. The molecule has 0 saturated heterocycles. The molecule has 1 aromatic heterocycles. The largest absolute Gasteiger partial charge is 0.339 e. The van der Waals surface area contributed by atoms with Crippen molar-refractivity contribution < 1.29 is 4.79 Å². The van der Waals surface area contributed by atoms with Crippen LogP contribution in [0.3, 0.4) is 0 Å². The van der Waals surface area contributed by atoms with Gasteiger partial charge in [0.2, 0.25) is 5.95 Å². The normalized spacial score (nSPS) is 9.86. The maximum absolute atomic E-state index is 12.1. The molecule has 6 nitrogen and oxygen atoms in total. The standard InChI is InChI=1S/C16H17N5O/c1-3-21(4-2)15(22)13-10-18-16(19-11-13)20-14-7-5-12(9-17)6-8-14/h5-8,10-11H,3-4H2,1-2H3,(H,18,19,20). The molecule has 0 aliphatic carbocycles. The number of carbonyl (C=O) groups is 1. The quantitative estimate of drug-likeness (QED) is 0.916.